The molecule has 1 rings (SSSR count). The highest BCUT2D eigenvalue weighted by Crippen LogP contribution is 2.46. The lowest BCUT2D eigenvalue weighted by Crippen LogP contribution is -2.02. The van der Waals surface area contributed by atoms with Gasteiger partial charge in [-0.3, -0.25) is 0 Å². The molecule has 1 fully saturated rings. The molecule has 0 N–H and O–H groups in total. The van der Waals surface area contributed by atoms with Gasteiger partial charge in [-0.25, -0.2) is 0 Å². The molecule has 0 aliphatic heterocycles. The maximum absolute atomic E-state index is 3.84. The van der Waals surface area contributed by atoms with E-state index in [1.807, 2.05) is 0 Å². The molecule has 0 heterocycles. The van der Waals surface area contributed by atoms with Gasteiger partial charge in [0.1, 0.15) is 0 Å². The third kappa shape index (κ3) is 3.23. The molecule has 16 heavy (non-hydrogen) atoms. The van der Waals surface area contributed by atoms with Crippen LogP contribution < -0.4 is 0 Å². The Morgan fingerprint density at radius 3 is 1.69 bits per heavy atom. The smallest absolute Gasteiger partial charge is 0.0201 e. The number of hydrogen-bond donors (Lipinski definition) is 0. The molecule has 0 nitrogen and oxygen atoms in total. The zero-order valence-electron chi connectivity index (χ0n) is 11.5. The highest BCUT2D eigenvalue weighted by atomic mass is 79.9. The first-order valence-electron chi connectivity index (χ1n) is 6.43. The predicted octanol–water partition coefficient (Wildman–Crippen LogP) is 5.69. The van der Waals surface area contributed by atoms with Crippen molar-refractivity contribution in [3.63, 3.8) is 0 Å². The summed E-state index contributed by atoms with van der Waals surface area (Å²) in [6.45, 7) is 13.7. The third-order valence-corrected chi connectivity index (χ3v) is 4.78. The van der Waals surface area contributed by atoms with Crippen LogP contribution in [0.5, 0.6) is 0 Å². The Kier molecular flexibility index (Phi) is 4.85. The molecule has 0 aromatic carbocycles. The summed E-state index contributed by atoms with van der Waals surface area (Å²) in [5.41, 5.74) is 4.65. The minimum Gasteiger partial charge on any atom is -0.0662 e. The summed E-state index contributed by atoms with van der Waals surface area (Å²) >= 11 is 3.84. The van der Waals surface area contributed by atoms with Gasteiger partial charge in [0.15, 0.2) is 0 Å². The van der Waals surface area contributed by atoms with Gasteiger partial charge in [-0.1, -0.05) is 54.8 Å². The van der Waals surface area contributed by atoms with Crippen molar-refractivity contribution in [1.82, 2.24) is 0 Å². The van der Waals surface area contributed by atoms with Gasteiger partial charge >= 0.3 is 0 Å². The van der Waals surface area contributed by atoms with E-state index in [2.05, 4.69) is 57.5 Å². The Labute approximate surface area is 109 Å². The van der Waals surface area contributed by atoms with Crippen molar-refractivity contribution in [3.8, 4) is 0 Å². The Morgan fingerprint density at radius 1 is 0.938 bits per heavy atom. The van der Waals surface area contributed by atoms with Gasteiger partial charge < -0.3 is 0 Å². The van der Waals surface area contributed by atoms with E-state index in [1.165, 1.54) is 22.9 Å². The van der Waals surface area contributed by atoms with Gasteiger partial charge in [0.2, 0.25) is 0 Å². The first-order valence-corrected chi connectivity index (χ1v) is 7.22. The van der Waals surface area contributed by atoms with E-state index in [1.54, 1.807) is 11.1 Å². The summed E-state index contributed by atoms with van der Waals surface area (Å²) in [7, 11) is 0. The van der Waals surface area contributed by atoms with Crippen LogP contribution in [0.2, 0.25) is 0 Å². The van der Waals surface area contributed by atoms with E-state index in [0.717, 1.165) is 5.92 Å². The van der Waals surface area contributed by atoms with Crippen LogP contribution in [-0.4, -0.2) is 0 Å². The van der Waals surface area contributed by atoms with Crippen LogP contribution in [0.1, 0.15) is 54.4 Å². The fourth-order valence-corrected chi connectivity index (χ4v) is 2.92. The van der Waals surface area contributed by atoms with Crippen LogP contribution in [-0.2, 0) is 0 Å². The quantitative estimate of drug-likeness (QED) is 0.582. The molecule has 0 amide bonds. The average molecular weight is 285 g/mol. The van der Waals surface area contributed by atoms with Gasteiger partial charge in [-0.05, 0) is 50.0 Å². The van der Waals surface area contributed by atoms with Crippen molar-refractivity contribution in [2.24, 2.45) is 17.8 Å². The first kappa shape index (κ1) is 14.0. The molecule has 0 atom stereocenters. The van der Waals surface area contributed by atoms with Crippen molar-refractivity contribution in [3.05, 3.63) is 21.2 Å². The molecule has 0 bridgehead atoms. The molecular weight excluding hydrogens is 260 g/mol. The number of halogens is 1. The maximum atomic E-state index is 3.84. The Hall–Kier alpha value is -0.0400. The number of allylic oxidation sites excluding steroid dienone is 4. The average Bonchev–Trinajstić information content (AvgIpc) is 3.00. The van der Waals surface area contributed by atoms with E-state index in [0.29, 0.717) is 11.8 Å². The normalized spacial score (nSPS) is 20.1. The van der Waals surface area contributed by atoms with Gasteiger partial charge in [0.05, 0.1) is 0 Å². The molecule has 1 saturated carbocycles. The first-order chi connectivity index (χ1) is 7.36. The van der Waals surface area contributed by atoms with Crippen LogP contribution in [0.3, 0.4) is 0 Å². The largest absolute Gasteiger partial charge is 0.0662 e. The fraction of sp³-hybridized carbons (Fsp3) is 0.733. The summed E-state index contributed by atoms with van der Waals surface area (Å²) in [6.07, 6.45) is 2.75. The molecule has 0 saturated heterocycles. The molecule has 0 spiro atoms. The van der Waals surface area contributed by atoms with Crippen molar-refractivity contribution in [2.45, 2.75) is 54.4 Å². The lowest BCUT2D eigenvalue weighted by Gasteiger charge is -2.18. The van der Waals surface area contributed by atoms with Crippen LogP contribution in [0.4, 0.5) is 0 Å². The Balaban J connectivity index is 3.13. The Bertz CT molecular complexity index is 314. The highest BCUT2D eigenvalue weighted by Gasteiger charge is 2.30. The number of hydrogen-bond acceptors (Lipinski definition) is 0. The second-order valence-corrected chi connectivity index (χ2v) is 6.47. The lowest BCUT2D eigenvalue weighted by molar-refractivity contribution is 0.735. The summed E-state index contributed by atoms with van der Waals surface area (Å²) < 4.78 is 1.39. The Morgan fingerprint density at radius 2 is 1.38 bits per heavy atom. The second kappa shape index (κ2) is 5.53. The summed E-state index contributed by atoms with van der Waals surface area (Å²) in [5.74, 6) is 2.11. The number of rotatable bonds is 4. The van der Waals surface area contributed by atoms with Gasteiger partial charge in [0.25, 0.3) is 0 Å². The molecule has 1 aliphatic rings. The highest BCUT2D eigenvalue weighted by molar-refractivity contribution is 9.12. The molecule has 0 aromatic heterocycles. The molecular formula is C15H25Br. The van der Waals surface area contributed by atoms with Gasteiger partial charge in [-0.2, -0.15) is 0 Å². The zero-order chi connectivity index (χ0) is 12.5. The monoisotopic (exact) mass is 284 g/mol. The molecule has 0 aromatic rings. The van der Waals surface area contributed by atoms with Crippen LogP contribution in [0.15, 0.2) is 21.2 Å². The van der Waals surface area contributed by atoms with E-state index in [-0.39, 0.29) is 0 Å². The van der Waals surface area contributed by atoms with Crippen LogP contribution >= 0.6 is 15.9 Å². The van der Waals surface area contributed by atoms with Gasteiger partial charge in [-0.15, -0.1) is 0 Å². The minimum absolute atomic E-state index is 0.628. The van der Waals surface area contributed by atoms with Crippen molar-refractivity contribution >= 4 is 15.9 Å². The zero-order valence-corrected chi connectivity index (χ0v) is 13.1. The van der Waals surface area contributed by atoms with E-state index < -0.39 is 0 Å². The second-order valence-electron chi connectivity index (χ2n) is 5.68. The predicted molar refractivity (Wildman–Crippen MR) is 76.7 cm³/mol. The molecule has 92 valence electrons. The summed E-state index contributed by atoms with van der Waals surface area (Å²) in [4.78, 5) is 0. The van der Waals surface area contributed by atoms with Crippen molar-refractivity contribution < 1.29 is 0 Å². The summed E-state index contributed by atoms with van der Waals surface area (Å²) in [6, 6.07) is 0. The minimum atomic E-state index is 0.628. The molecule has 0 unspecified atom stereocenters. The molecule has 1 heteroatoms. The standard InChI is InChI=1S/C15H25Br/c1-9(2)11(5)14(13-7-8-13)15(16)12(6)10(3)4/h9-10,13H,7-8H2,1-6H3/b14-11-,15-12-. The van der Waals surface area contributed by atoms with Crippen LogP contribution in [0.25, 0.3) is 0 Å². The van der Waals surface area contributed by atoms with E-state index in [9.17, 15) is 0 Å². The van der Waals surface area contributed by atoms with Crippen molar-refractivity contribution in [1.29, 1.82) is 0 Å². The topological polar surface area (TPSA) is 0 Å². The van der Waals surface area contributed by atoms with Crippen LogP contribution in [0, 0.1) is 17.8 Å². The van der Waals surface area contributed by atoms with E-state index >= 15 is 0 Å². The maximum Gasteiger partial charge on any atom is 0.0201 e. The molecule has 0 radical (unpaired) electrons. The third-order valence-electron chi connectivity index (χ3n) is 3.73. The van der Waals surface area contributed by atoms with E-state index in [4.69, 9.17) is 0 Å². The lowest BCUT2D eigenvalue weighted by atomic mass is 9.92. The fourth-order valence-electron chi connectivity index (χ4n) is 1.82. The summed E-state index contributed by atoms with van der Waals surface area (Å²) in [5, 5.41) is 0. The molecule has 1 aliphatic carbocycles. The van der Waals surface area contributed by atoms with Crippen molar-refractivity contribution in [2.75, 3.05) is 0 Å². The SMILES string of the molecule is C/C(=C(Br)\C(=C(\C)C(C)C)C1CC1)C(C)C. The van der Waals surface area contributed by atoms with Gasteiger partial charge in [0, 0.05) is 4.48 Å².